The van der Waals surface area contributed by atoms with Crippen LogP contribution in [0.25, 0.3) is 0 Å². The highest BCUT2D eigenvalue weighted by atomic mass is 32.2. The molecule has 1 unspecified atom stereocenters. The van der Waals surface area contributed by atoms with Gasteiger partial charge in [-0.05, 0) is 49.1 Å². The molecule has 1 aliphatic heterocycles. The predicted octanol–water partition coefficient (Wildman–Crippen LogP) is 3.05. The van der Waals surface area contributed by atoms with Gasteiger partial charge in [0.15, 0.2) is 0 Å². The summed E-state index contributed by atoms with van der Waals surface area (Å²) in [7, 11) is 0.0656. The van der Waals surface area contributed by atoms with Crippen LogP contribution in [0, 0.1) is 11.4 Å². The van der Waals surface area contributed by atoms with Crippen molar-refractivity contribution in [2.24, 2.45) is 4.99 Å². The quantitative estimate of drug-likeness (QED) is 0.559. The predicted molar refractivity (Wildman–Crippen MR) is 73.5 cm³/mol. The van der Waals surface area contributed by atoms with Gasteiger partial charge in [0.1, 0.15) is 0 Å². The topological polar surface area (TPSA) is 38.4 Å². The summed E-state index contributed by atoms with van der Waals surface area (Å²) in [5.41, 5.74) is 9.05. The van der Waals surface area contributed by atoms with Crippen LogP contribution >= 0.6 is 10.5 Å². The first-order valence-electron chi connectivity index (χ1n) is 5.53. The number of rotatable bonds is 0. The third kappa shape index (κ3) is 1.67. The lowest BCUT2D eigenvalue weighted by Crippen LogP contribution is -2.07. The van der Waals surface area contributed by atoms with Crippen LogP contribution in [0.3, 0.4) is 0 Å². The molecule has 0 bridgehead atoms. The van der Waals surface area contributed by atoms with Crippen molar-refractivity contribution in [1.29, 1.82) is 0 Å². The van der Waals surface area contributed by atoms with Crippen molar-refractivity contribution < 1.29 is 0 Å². The van der Waals surface area contributed by atoms with Gasteiger partial charge in [0.05, 0.1) is 11.0 Å². The molecule has 3 heteroatoms. The summed E-state index contributed by atoms with van der Waals surface area (Å²) in [6, 6.07) is 12.4. The number of nitrogens with zero attached hydrogens (tertiary/aromatic N) is 1. The van der Waals surface area contributed by atoms with Crippen molar-refractivity contribution in [3.63, 3.8) is 0 Å². The number of aryl methyl sites for hydroxylation is 1. The number of nitrogen functional groups attached to an aromatic ring is 1. The second kappa shape index (κ2) is 3.70. The van der Waals surface area contributed by atoms with Crippen LogP contribution in [0.1, 0.15) is 5.56 Å². The lowest BCUT2D eigenvalue weighted by molar-refractivity contribution is 1.23. The molecule has 1 aliphatic rings. The zero-order chi connectivity index (χ0) is 12.0. The number of fused-ring (bicyclic) bond motifs is 2. The molecule has 1 atom stereocenters. The van der Waals surface area contributed by atoms with Crippen molar-refractivity contribution in [2.45, 2.75) is 11.8 Å². The lowest BCUT2D eigenvalue weighted by Gasteiger charge is -2.13. The molecular formula is C14H14N2S. The smallest absolute Gasteiger partial charge is 0.0770 e. The van der Waals surface area contributed by atoms with Gasteiger partial charge in [0, 0.05) is 15.1 Å². The van der Waals surface area contributed by atoms with Gasteiger partial charge in [-0.15, -0.1) is 10.5 Å². The Morgan fingerprint density at radius 3 is 2.76 bits per heavy atom. The van der Waals surface area contributed by atoms with Gasteiger partial charge < -0.3 is 5.73 Å². The maximum absolute atomic E-state index is 5.86. The maximum Gasteiger partial charge on any atom is 0.0770 e. The number of hydrogen-bond donors (Lipinski definition) is 1. The van der Waals surface area contributed by atoms with Gasteiger partial charge in [-0.3, -0.25) is 0 Å². The monoisotopic (exact) mass is 242 g/mol. The van der Waals surface area contributed by atoms with Crippen LogP contribution < -0.4 is 11.1 Å². The summed E-state index contributed by atoms with van der Waals surface area (Å²) >= 11 is 0. The summed E-state index contributed by atoms with van der Waals surface area (Å²) in [5, 5.41) is 1.06. The molecule has 0 fully saturated rings. The fraction of sp³-hybridized carbons (Fsp3) is 0.143. The Labute approximate surface area is 103 Å². The summed E-state index contributed by atoms with van der Waals surface area (Å²) in [6.45, 7) is 2.12. The van der Waals surface area contributed by atoms with Gasteiger partial charge in [-0.25, -0.2) is 4.99 Å². The summed E-state index contributed by atoms with van der Waals surface area (Å²) in [4.78, 5) is 6.02. The highest BCUT2D eigenvalue weighted by Crippen LogP contribution is 2.37. The highest BCUT2D eigenvalue weighted by molar-refractivity contribution is 8.09. The zero-order valence-corrected chi connectivity index (χ0v) is 10.7. The van der Waals surface area contributed by atoms with Crippen LogP contribution in [0.4, 0.5) is 11.4 Å². The minimum atomic E-state index is 0.0656. The minimum absolute atomic E-state index is 0.0656. The second-order valence-electron chi connectivity index (χ2n) is 4.32. The van der Waals surface area contributed by atoms with E-state index in [1.807, 2.05) is 18.2 Å². The molecule has 17 heavy (non-hydrogen) atoms. The Hall–Kier alpha value is -1.61. The molecule has 0 radical (unpaired) electrons. The minimum Gasteiger partial charge on any atom is -0.399 e. The summed E-state index contributed by atoms with van der Waals surface area (Å²) in [5.74, 6) is 0. The molecule has 0 spiro atoms. The van der Waals surface area contributed by atoms with Gasteiger partial charge in [-0.1, -0.05) is 6.07 Å². The fourth-order valence-corrected chi connectivity index (χ4v) is 3.84. The van der Waals surface area contributed by atoms with E-state index in [0.29, 0.717) is 0 Å². The Morgan fingerprint density at radius 2 is 1.94 bits per heavy atom. The summed E-state index contributed by atoms with van der Waals surface area (Å²) in [6.07, 6.45) is 2.24. The van der Waals surface area contributed by atoms with E-state index in [9.17, 15) is 0 Å². The van der Waals surface area contributed by atoms with Gasteiger partial charge >= 0.3 is 0 Å². The largest absolute Gasteiger partial charge is 0.399 e. The maximum atomic E-state index is 5.86. The first-order chi connectivity index (χ1) is 8.15. The molecule has 3 rings (SSSR count). The van der Waals surface area contributed by atoms with Crippen molar-refractivity contribution in [2.75, 3.05) is 12.0 Å². The van der Waals surface area contributed by atoms with E-state index < -0.39 is 0 Å². The Balaban J connectivity index is 2.44. The Kier molecular flexibility index (Phi) is 2.30. The lowest BCUT2D eigenvalue weighted by atomic mass is 10.2. The molecule has 0 saturated carbocycles. The average molecular weight is 242 g/mol. The molecule has 1 heterocycles. The Morgan fingerprint density at radius 1 is 1.12 bits per heavy atom. The van der Waals surface area contributed by atoms with Crippen molar-refractivity contribution in [1.82, 2.24) is 0 Å². The van der Waals surface area contributed by atoms with E-state index in [1.54, 1.807) is 0 Å². The molecule has 2 aromatic carbocycles. The molecule has 2 aromatic rings. The Bertz CT molecular complexity index is 732. The van der Waals surface area contributed by atoms with Crippen molar-refractivity contribution in [3.8, 4) is 0 Å². The van der Waals surface area contributed by atoms with Crippen LogP contribution in [0.5, 0.6) is 0 Å². The molecule has 0 aliphatic carbocycles. The number of hydrogen-bond acceptors (Lipinski definition) is 2. The standard InChI is InChI=1S/C14H14N2S/c1-9-3-5-11-13(7-9)17(2)14-8-10(15)4-6-12(14)16-11/h3-8H,15H2,1-2H3. The first-order valence-corrected chi connectivity index (χ1v) is 7.16. The van der Waals surface area contributed by atoms with E-state index in [2.05, 4.69) is 31.4 Å². The number of benzene rings is 2. The van der Waals surface area contributed by atoms with E-state index in [1.165, 1.54) is 15.0 Å². The molecule has 0 amide bonds. The molecular weight excluding hydrogens is 228 g/mol. The third-order valence-corrected chi connectivity index (χ3v) is 4.97. The molecule has 2 N–H and O–H groups in total. The van der Waals surface area contributed by atoms with Crippen LogP contribution in [-0.4, -0.2) is 6.26 Å². The highest BCUT2D eigenvalue weighted by Gasteiger charge is 2.09. The third-order valence-electron chi connectivity index (χ3n) is 3.00. The molecule has 2 nitrogen and oxygen atoms in total. The van der Waals surface area contributed by atoms with Gasteiger partial charge in [-0.2, -0.15) is 0 Å². The number of anilines is 1. The molecule has 86 valence electrons. The van der Waals surface area contributed by atoms with E-state index in [-0.39, 0.29) is 10.5 Å². The first kappa shape index (κ1) is 10.5. The van der Waals surface area contributed by atoms with E-state index in [0.717, 1.165) is 16.7 Å². The average Bonchev–Trinajstić information content (AvgIpc) is 2.32. The van der Waals surface area contributed by atoms with Gasteiger partial charge in [0.25, 0.3) is 0 Å². The molecule has 0 saturated heterocycles. The SMILES string of the molecule is Cc1ccc2c(c1)S(C)=c1cc(N)ccc1=N2. The van der Waals surface area contributed by atoms with E-state index in [4.69, 9.17) is 10.7 Å². The van der Waals surface area contributed by atoms with Crippen LogP contribution in [0.2, 0.25) is 0 Å². The van der Waals surface area contributed by atoms with Gasteiger partial charge in [0.2, 0.25) is 0 Å². The molecule has 0 aromatic heterocycles. The second-order valence-corrected chi connectivity index (χ2v) is 6.22. The van der Waals surface area contributed by atoms with Crippen LogP contribution in [-0.2, 0) is 0 Å². The van der Waals surface area contributed by atoms with Crippen LogP contribution in [0.15, 0.2) is 46.3 Å². The zero-order valence-electron chi connectivity index (χ0n) is 9.90. The van der Waals surface area contributed by atoms with Crippen molar-refractivity contribution >= 4 is 21.9 Å². The number of nitrogens with two attached hydrogens (primary N) is 1. The fourth-order valence-electron chi connectivity index (χ4n) is 2.08. The van der Waals surface area contributed by atoms with Crippen molar-refractivity contribution in [3.05, 3.63) is 51.8 Å². The normalized spacial score (nSPS) is 16.9. The van der Waals surface area contributed by atoms with E-state index >= 15 is 0 Å². The summed E-state index contributed by atoms with van der Waals surface area (Å²) < 4.78 is 1.25.